The van der Waals surface area contributed by atoms with E-state index in [4.69, 9.17) is 0 Å². The highest BCUT2D eigenvalue weighted by Gasteiger charge is 2.31. The van der Waals surface area contributed by atoms with Crippen molar-refractivity contribution >= 4 is 5.69 Å². The summed E-state index contributed by atoms with van der Waals surface area (Å²) in [5.41, 5.74) is -0.829. The van der Waals surface area contributed by atoms with Crippen LogP contribution in [0.2, 0.25) is 0 Å². The Balaban J connectivity index is 2.09. The predicted octanol–water partition coefficient (Wildman–Crippen LogP) is 3.35. The van der Waals surface area contributed by atoms with E-state index in [1.165, 1.54) is 0 Å². The van der Waals surface area contributed by atoms with Crippen LogP contribution in [0.5, 0.6) is 0 Å². The molecule has 1 atom stereocenters. The van der Waals surface area contributed by atoms with E-state index in [2.05, 4.69) is 10.2 Å². The molecule has 1 unspecified atom stereocenters. The molecule has 0 bridgehead atoms. The molecule has 1 saturated heterocycles. The standard InChI is InChI=1S/C13H16F4N2/c1-19-6-2-3-10(8-19)18-12-5-4-9(7-11(12)14)13(15,16)17/h4-5,7,10,18H,2-3,6,8H2,1H3. The first kappa shape index (κ1) is 14.1. The fraction of sp³-hybridized carbons (Fsp3) is 0.538. The quantitative estimate of drug-likeness (QED) is 0.833. The molecule has 106 valence electrons. The highest BCUT2D eigenvalue weighted by Crippen LogP contribution is 2.31. The van der Waals surface area contributed by atoms with Gasteiger partial charge in [-0.25, -0.2) is 4.39 Å². The molecule has 1 N–H and O–H groups in total. The molecule has 19 heavy (non-hydrogen) atoms. The van der Waals surface area contributed by atoms with Gasteiger partial charge in [0.25, 0.3) is 0 Å². The van der Waals surface area contributed by atoms with Gasteiger partial charge in [0.2, 0.25) is 0 Å². The Morgan fingerprint density at radius 3 is 2.63 bits per heavy atom. The minimum Gasteiger partial charge on any atom is -0.379 e. The van der Waals surface area contributed by atoms with Gasteiger partial charge in [-0.3, -0.25) is 0 Å². The monoisotopic (exact) mass is 276 g/mol. The molecule has 0 spiro atoms. The maximum atomic E-state index is 13.7. The minimum absolute atomic E-state index is 0.0741. The molecule has 1 fully saturated rings. The Kier molecular flexibility index (Phi) is 3.99. The number of halogens is 4. The fourth-order valence-electron chi connectivity index (χ4n) is 2.31. The van der Waals surface area contributed by atoms with E-state index in [1.807, 2.05) is 7.05 Å². The topological polar surface area (TPSA) is 15.3 Å². The van der Waals surface area contributed by atoms with Crippen LogP contribution in [0.15, 0.2) is 18.2 Å². The second-order valence-corrected chi connectivity index (χ2v) is 4.94. The predicted molar refractivity (Wildman–Crippen MR) is 65.5 cm³/mol. The number of likely N-dealkylation sites (tertiary alicyclic amines) is 1. The van der Waals surface area contributed by atoms with E-state index in [0.29, 0.717) is 6.07 Å². The van der Waals surface area contributed by atoms with Crippen molar-refractivity contribution in [3.8, 4) is 0 Å². The van der Waals surface area contributed by atoms with Gasteiger partial charge >= 0.3 is 6.18 Å². The lowest BCUT2D eigenvalue weighted by Gasteiger charge is -2.31. The molecular weight excluding hydrogens is 260 g/mol. The summed E-state index contributed by atoms with van der Waals surface area (Å²) >= 11 is 0. The average molecular weight is 276 g/mol. The van der Waals surface area contributed by atoms with E-state index < -0.39 is 17.6 Å². The number of piperidine rings is 1. The number of hydrogen-bond donors (Lipinski definition) is 1. The lowest BCUT2D eigenvalue weighted by atomic mass is 10.1. The molecule has 0 radical (unpaired) electrons. The number of hydrogen-bond acceptors (Lipinski definition) is 2. The van der Waals surface area contributed by atoms with Gasteiger partial charge in [0, 0.05) is 12.6 Å². The van der Waals surface area contributed by atoms with Crippen LogP contribution in [0.3, 0.4) is 0 Å². The molecule has 0 amide bonds. The van der Waals surface area contributed by atoms with Crippen LogP contribution in [-0.2, 0) is 6.18 Å². The molecule has 1 aromatic rings. The third-order valence-electron chi connectivity index (χ3n) is 3.28. The molecular formula is C13H16F4N2. The van der Waals surface area contributed by atoms with Gasteiger partial charge in [-0.2, -0.15) is 13.2 Å². The van der Waals surface area contributed by atoms with Crippen molar-refractivity contribution < 1.29 is 17.6 Å². The summed E-state index contributed by atoms with van der Waals surface area (Å²) in [7, 11) is 1.97. The first-order valence-corrected chi connectivity index (χ1v) is 6.18. The Bertz CT molecular complexity index is 445. The van der Waals surface area contributed by atoms with E-state index in [9.17, 15) is 17.6 Å². The summed E-state index contributed by atoms with van der Waals surface area (Å²) in [5.74, 6) is -0.858. The van der Waals surface area contributed by atoms with Gasteiger partial charge in [0.05, 0.1) is 11.3 Å². The fourth-order valence-corrected chi connectivity index (χ4v) is 2.31. The van der Waals surface area contributed by atoms with Crippen molar-refractivity contribution in [1.29, 1.82) is 0 Å². The van der Waals surface area contributed by atoms with Crippen LogP contribution >= 0.6 is 0 Å². The third-order valence-corrected chi connectivity index (χ3v) is 3.28. The number of alkyl halides is 3. The summed E-state index contributed by atoms with van der Waals surface area (Å²) in [5, 5.41) is 2.97. The minimum atomic E-state index is -4.51. The molecule has 6 heteroatoms. The Morgan fingerprint density at radius 1 is 1.32 bits per heavy atom. The van der Waals surface area contributed by atoms with Crippen LogP contribution in [0.1, 0.15) is 18.4 Å². The van der Waals surface area contributed by atoms with Crippen LogP contribution < -0.4 is 5.32 Å². The third kappa shape index (κ3) is 3.59. The maximum Gasteiger partial charge on any atom is 0.416 e. The van der Waals surface area contributed by atoms with Crippen molar-refractivity contribution in [1.82, 2.24) is 4.90 Å². The van der Waals surface area contributed by atoms with Crippen LogP contribution in [0.25, 0.3) is 0 Å². The number of rotatable bonds is 2. The van der Waals surface area contributed by atoms with Crippen molar-refractivity contribution in [2.45, 2.75) is 25.1 Å². The molecule has 1 aliphatic heterocycles. The van der Waals surface area contributed by atoms with Gasteiger partial charge < -0.3 is 10.2 Å². The lowest BCUT2D eigenvalue weighted by molar-refractivity contribution is -0.137. The highest BCUT2D eigenvalue weighted by atomic mass is 19.4. The second-order valence-electron chi connectivity index (χ2n) is 4.94. The van der Waals surface area contributed by atoms with E-state index in [0.717, 1.165) is 38.1 Å². The van der Waals surface area contributed by atoms with Crippen molar-refractivity contribution in [3.05, 3.63) is 29.6 Å². The first-order chi connectivity index (χ1) is 8.86. The zero-order valence-corrected chi connectivity index (χ0v) is 10.6. The average Bonchev–Trinajstić information content (AvgIpc) is 2.30. The molecule has 0 saturated carbocycles. The van der Waals surface area contributed by atoms with Crippen LogP contribution in [-0.4, -0.2) is 31.1 Å². The number of benzene rings is 1. The van der Waals surface area contributed by atoms with Gasteiger partial charge in [0.1, 0.15) is 5.82 Å². The zero-order chi connectivity index (χ0) is 14.0. The van der Waals surface area contributed by atoms with Gasteiger partial charge in [0.15, 0.2) is 0 Å². The van der Waals surface area contributed by atoms with Crippen molar-refractivity contribution in [3.63, 3.8) is 0 Å². The summed E-state index contributed by atoms with van der Waals surface area (Å²) in [6.45, 7) is 1.76. The Morgan fingerprint density at radius 2 is 2.05 bits per heavy atom. The molecule has 1 aromatic carbocycles. The Hall–Kier alpha value is -1.30. The smallest absolute Gasteiger partial charge is 0.379 e. The molecule has 1 heterocycles. The highest BCUT2D eigenvalue weighted by molar-refractivity contribution is 5.47. The number of anilines is 1. The molecule has 1 aliphatic rings. The number of nitrogens with one attached hydrogen (secondary N) is 1. The van der Waals surface area contributed by atoms with Crippen LogP contribution in [0.4, 0.5) is 23.2 Å². The molecule has 2 rings (SSSR count). The van der Waals surface area contributed by atoms with E-state index >= 15 is 0 Å². The Labute approximate surface area is 109 Å². The van der Waals surface area contributed by atoms with E-state index in [1.54, 1.807) is 0 Å². The molecule has 2 nitrogen and oxygen atoms in total. The second kappa shape index (κ2) is 5.36. The maximum absolute atomic E-state index is 13.7. The van der Waals surface area contributed by atoms with Crippen molar-refractivity contribution in [2.75, 3.05) is 25.5 Å². The lowest BCUT2D eigenvalue weighted by Crippen LogP contribution is -2.39. The van der Waals surface area contributed by atoms with Crippen molar-refractivity contribution in [2.24, 2.45) is 0 Å². The zero-order valence-electron chi connectivity index (χ0n) is 10.6. The summed E-state index contributed by atoms with van der Waals surface area (Å²) < 4.78 is 50.9. The SMILES string of the molecule is CN1CCCC(Nc2ccc(C(F)(F)F)cc2F)C1. The normalized spacial score (nSPS) is 21.4. The van der Waals surface area contributed by atoms with Gasteiger partial charge in [-0.15, -0.1) is 0 Å². The number of nitrogens with zero attached hydrogens (tertiary/aromatic N) is 1. The summed E-state index contributed by atoms with van der Waals surface area (Å²) in [6.07, 6.45) is -2.62. The van der Waals surface area contributed by atoms with Crippen LogP contribution in [0, 0.1) is 5.82 Å². The largest absolute Gasteiger partial charge is 0.416 e. The first-order valence-electron chi connectivity index (χ1n) is 6.18. The summed E-state index contributed by atoms with van der Waals surface area (Å²) in [6, 6.07) is 2.67. The number of likely N-dealkylation sites (N-methyl/N-ethyl adjacent to an activating group) is 1. The van der Waals surface area contributed by atoms with E-state index in [-0.39, 0.29) is 11.7 Å². The summed E-state index contributed by atoms with van der Waals surface area (Å²) in [4.78, 5) is 2.11. The van der Waals surface area contributed by atoms with Gasteiger partial charge in [-0.05, 0) is 44.6 Å². The van der Waals surface area contributed by atoms with Gasteiger partial charge in [-0.1, -0.05) is 0 Å². The molecule has 0 aromatic heterocycles. The molecule has 0 aliphatic carbocycles.